The molecule has 1 aromatic heterocycles. The molecule has 1 N–H and O–H groups in total. The average molecular weight is 434 g/mol. The number of methoxy groups -OCH3 is 1. The van der Waals surface area contributed by atoms with E-state index in [1.54, 1.807) is 19.2 Å². The first-order chi connectivity index (χ1) is 15.5. The SMILES string of the molecule is COc1cccc(CC(=O)N2CCC[C@H](c3nc(-c4ccc(NC(C)=O)cc4)no3)C2)c1. The standard InChI is InChI=1S/C24H26N4O4/c1-16(29)25-20-10-8-18(9-11-20)23-26-24(32-27-23)19-6-4-12-28(15-19)22(30)14-17-5-3-7-21(13-17)31-2/h3,5,7-11,13,19H,4,6,12,14-15H2,1-2H3,(H,25,29)/t19-/m0/s1. The highest BCUT2D eigenvalue weighted by molar-refractivity contribution is 5.88. The molecule has 0 saturated carbocycles. The van der Waals surface area contributed by atoms with Gasteiger partial charge in [0.25, 0.3) is 0 Å². The van der Waals surface area contributed by atoms with E-state index < -0.39 is 0 Å². The lowest BCUT2D eigenvalue weighted by atomic mass is 9.97. The Kier molecular flexibility index (Phi) is 6.49. The summed E-state index contributed by atoms with van der Waals surface area (Å²) in [5.41, 5.74) is 2.44. The molecule has 0 bridgehead atoms. The van der Waals surface area contributed by atoms with Crippen LogP contribution >= 0.6 is 0 Å². The smallest absolute Gasteiger partial charge is 0.231 e. The minimum atomic E-state index is -0.123. The van der Waals surface area contributed by atoms with Crippen molar-refractivity contribution in [2.45, 2.75) is 32.1 Å². The van der Waals surface area contributed by atoms with E-state index in [0.29, 0.717) is 30.4 Å². The molecule has 1 aliphatic heterocycles. The molecule has 1 atom stereocenters. The van der Waals surface area contributed by atoms with Crippen LogP contribution in [0.1, 0.15) is 37.1 Å². The molecule has 0 unspecified atom stereocenters. The Morgan fingerprint density at radius 1 is 1.22 bits per heavy atom. The summed E-state index contributed by atoms with van der Waals surface area (Å²) in [5, 5.41) is 6.85. The minimum Gasteiger partial charge on any atom is -0.497 e. The van der Waals surface area contributed by atoms with Crippen molar-refractivity contribution < 1.29 is 18.8 Å². The summed E-state index contributed by atoms with van der Waals surface area (Å²) in [7, 11) is 1.62. The third-order valence-corrected chi connectivity index (χ3v) is 5.52. The van der Waals surface area contributed by atoms with Crippen molar-refractivity contribution in [1.82, 2.24) is 15.0 Å². The molecule has 166 valence electrons. The molecule has 1 saturated heterocycles. The molecule has 32 heavy (non-hydrogen) atoms. The molecule has 3 aromatic rings. The number of amides is 2. The predicted molar refractivity (Wildman–Crippen MR) is 119 cm³/mol. The molecular weight excluding hydrogens is 408 g/mol. The van der Waals surface area contributed by atoms with Crippen molar-refractivity contribution in [2.75, 3.05) is 25.5 Å². The number of carbonyl (C=O) groups is 2. The number of carbonyl (C=O) groups excluding carboxylic acids is 2. The van der Waals surface area contributed by atoms with Gasteiger partial charge in [-0.25, -0.2) is 0 Å². The van der Waals surface area contributed by atoms with Crippen LogP contribution in [0.3, 0.4) is 0 Å². The van der Waals surface area contributed by atoms with Crippen LogP contribution in [0, 0.1) is 0 Å². The monoisotopic (exact) mass is 434 g/mol. The summed E-state index contributed by atoms with van der Waals surface area (Å²) in [5.74, 6) is 1.76. The molecule has 0 aliphatic carbocycles. The van der Waals surface area contributed by atoms with Gasteiger partial charge in [-0.3, -0.25) is 9.59 Å². The molecule has 0 spiro atoms. The molecule has 1 fully saturated rings. The Morgan fingerprint density at radius 2 is 2.03 bits per heavy atom. The lowest BCUT2D eigenvalue weighted by molar-refractivity contribution is -0.131. The second-order valence-electron chi connectivity index (χ2n) is 7.92. The van der Waals surface area contributed by atoms with Crippen LogP contribution in [0.25, 0.3) is 11.4 Å². The summed E-state index contributed by atoms with van der Waals surface area (Å²) in [6.07, 6.45) is 2.11. The van der Waals surface area contributed by atoms with Gasteiger partial charge in [0.15, 0.2) is 0 Å². The molecule has 4 rings (SSSR count). The van der Waals surface area contributed by atoms with Crippen molar-refractivity contribution >= 4 is 17.5 Å². The van der Waals surface area contributed by atoms with Gasteiger partial charge < -0.3 is 19.5 Å². The summed E-state index contributed by atoms with van der Waals surface area (Å²) in [4.78, 5) is 30.5. The number of benzene rings is 2. The Hall–Kier alpha value is -3.68. The predicted octanol–water partition coefficient (Wildman–Crippen LogP) is 3.65. The van der Waals surface area contributed by atoms with Crippen molar-refractivity contribution in [2.24, 2.45) is 0 Å². The van der Waals surface area contributed by atoms with Crippen LogP contribution in [-0.2, 0) is 16.0 Å². The number of anilines is 1. The third-order valence-electron chi connectivity index (χ3n) is 5.52. The van der Waals surface area contributed by atoms with E-state index in [-0.39, 0.29) is 17.7 Å². The van der Waals surface area contributed by atoms with Crippen LogP contribution in [0.15, 0.2) is 53.1 Å². The number of nitrogens with zero attached hydrogens (tertiary/aromatic N) is 3. The number of ether oxygens (including phenoxy) is 1. The van der Waals surface area contributed by atoms with E-state index in [0.717, 1.165) is 36.3 Å². The molecule has 8 nitrogen and oxygen atoms in total. The number of hydrogen-bond acceptors (Lipinski definition) is 6. The van der Waals surface area contributed by atoms with Gasteiger partial charge in [0.05, 0.1) is 19.4 Å². The van der Waals surface area contributed by atoms with Gasteiger partial charge in [-0.05, 0) is 54.8 Å². The Balaban J connectivity index is 1.40. The average Bonchev–Trinajstić information content (AvgIpc) is 3.30. The van der Waals surface area contributed by atoms with Gasteiger partial charge in [-0.1, -0.05) is 17.3 Å². The van der Waals surface area contributed by atoms with E-state index in [4.69, 9.17) is 9.26 Å². The minimum absolute atomic E-state index is 0.0120. The fourth-order valence-electron chi connectivity index (χ4n) is 3.90. The van der Waals surface area contributed by atoms with Crippen LogP contribution < -0.4 is 10.1 Å². The Bertz CT molecular complexity index is 1090. The van der Waals surface area contributed by atoms with Crippen molar-refractivity contribution in [3.8, 4) is 17.1 Å². The first-order valence-electron chi connectivity index (χ1n) is 10.6. The topological polar surface area (TPSA) is 97.6 Å². The highest BCUT2D eigenvalue weighted by Gasteiger charge is 2.28. The second-order valence-corrected chi connectivity index (χ2v) is 7.92. The molecule has 1 aliphatic rings. The lowest BCUT2D eigenvalue weighted by Gasteiger charge is -2.31. The zero-order chi connectivity index (χ0) is 22.5. The number of likely N-dealkylation sites (tertiary alicyclic amines) is 1. The largest absolute Gasteiger partial charge is 0.497 e. The molecule has 0 radical (unpaired) electrons. The van der Waals surface area contributed by atoms with E-state index in [9.17, 15) is 9.59 Å². The van der Waals surface area contributed by atoms with E-state index in [1.807, 2.05) is 41.3 Å². The maximum Gasteiger partial charge on any atom is 0.231 e. The molecular formula is C24H26N4O4. The van der Waals surface area contributed by atoms with Gasteiger partial charge >= 0.3 is 0 Å². The summed E-state index contributed by atoms with van der Waals surface area (Å²) < 4.78 is 10.8. The van der Waals surface area contributed by atoms with Crippen molar-refractivity contribution in [3.63, 3.8) is 0 Å². The number of rotatable bonds is 6. The molecule has 2 amide bonds. The fraction of sp³-hybridized carbons (Fsp3) is 0.333. The second kappa shape index (κ2) is 9.64. The number of nitrogens with one attached hydrogen (secondary N) is 1. The molecule has 2 aromatic carbocycles. The first-order valence-corrected chi connectivity index (χ1v) is 10.6. The zero-order valence-electron chi connectivity index (χ0n) is 18.2. The number of piperidine rings is 1. The highest BCUT2D eigenvalue weighted by atomic mass is 16.5. The number of hydrogen-bond donors (Lipinski definition) is 1. The van der Waals surface area contributed by atoms with Crippen LogP contribution in [0.2, 0.25) is 0 Å². The molecule has 8 heteroatoms. The van der Waals surface area contributed by atoms with E-state index in [2.05, 4.69) is 15.5 Å². The fourth-order valence-corrected chi connectivity index (χ4v) is 3.90. The number of aromatic nitrogens is 2. The zero-order valence-corrected chi connectivity index (χ0v) is 18.2. The van der Waals surface area contributed by atoms with Crippen LogP contribution in [-0.4, -0.2) is 47.1 Å². The first kappa shape index (κ1) is 21.5. The van der Waals surface area contributed by atoms with Gasteiger partial charge in [0, 0.05) is 31.3 Å². The highest BCUT2D eigenvalue weighted by Crippen LogP contribution is 2.28. The Morgan fingerprint density at radius 3 is 2.78 bits per heavy atom. The van der Waals surface area contributed by atoms with Crippen LogP contribution in [0.4, 0.5) is 5.69 Å². The van der Waals surface area contributed by atoms with Crippen molar-refractivity contribution in [3.05, 3.63) is 60.0 Å². The third kappa shape index (κ3) is 5.14. The maximum absolute atomic E-state index is 12.9. The van der Waals surface area contributed by atoms with E-state index in [1.165, 1.54) is 6.92 Å². The lowest BCUT2D eigenvalue weighted by Crippen LogP contribution is -2.40. The summed E-state index contributed by atoms with van der Waals surface area (Å²) in [6, 6.07) is 14.9. The van der Waals surface area contributed by atoms with Gasteiger partial charge in [0.1, 0.15) is 5.75 Å². The van der Waals surface area contributed by atoms with Crippen LogP contribution in [0.5, 0.6) is 5.75 Å². The van der Waals surface area contributed by atoms with Gasteiger partial charge in [-0.15, -0.1) is 0 Å². The van der Waals surface area contributed by atoms with E-state index >= 15 is 0 Å². The van der Waals surface area contributed by atoms with Crippen molar-refractivity contribution in [1.29, 1.82) is 0 Å². The van der Waals surface area contributed by atoms with Gasteiger partial charge in [-0.2, -0.15) is 4.98 Å². The molecule has 2 heterocycles. The maximum atomic E-state index is 12.9. The quantitative estimate of drug-likeness (QED) is 0.636. The van der Waals surface area contributed by atoms with Gasteiger partial charge in [0.2, 0.25) is 23.5 Å². The summed E-state index contributed by atoms with van der Waals surface area (Å²) in [6.45, 7) is 2.76. The summed E-state index contributed by atoms with van der Waals surface area (Å²) >= 11 is 0. The normalized spacial score (nSPS) is 15.9. The Labute approximate surface area is 186 Å².